The Labute approximate surface area is 159 Å². The number of nitrogens with zero attached hydrogens (tertiary/aromatic N) is 4. The van der Waals surface area contributed by atoms with Gasteiger partial charge < -0.3 is 15.4 Å². The van der Waals surface area contributed by atoms with Gasteiger partial charge >= 0.3 is 6.09 Å². The van der Waals surface area contributed by atoms with Crippen molar-refractivity contribution in [3.05, 3.63) is 34.5 Å². The van der Waals surface area contributed by atoms with E-state index in [0.29, 0.717) is 24.8 Å². The van der Waals surface area contributed by atoms with Crippen LogP contribution in [-0.4, -0.2) is 59.7 Å². The van der Waals surface area contributed by atoms with Gasteiger partial charge in [-0.05, 0) is 63.2 Å². The van der Waals surface area contributed by atoms with Crippen molar-refractivity contribution in [2.75, 3.05) is 26.2 Å². The zero-order valence-electron chi connectivity index (χ0n) is 15.9. The first-order valence-corrected chi connectivity index (χ1v) is 9.58. The SMILES string of the molecule is Cc1nnc(C)c2c1CC(CNCCC1CN(C3=CNCC=N3)C(=O)O1)C2. The maximum absolute atomic E-state index is 12.0. The fraction of sp³-hybridized carbons (Fsp3) is 0.579. The Morgan fingerprint density at radius 1 is 1.26 bits per heavy atom. The van der Waals surface area contributed by atoms with E-state index in [9.17, 15) is 4.79 Å². The lowest BCUT2D eigenvalue weighted by Gasteiger charge is -2.16. The highest BCUT2D eigenvalue weighted by molar-refractivity contribution is 5.73. The lowest BCUT2D eigenvalue weighted by Crippen LogP contribution is -2.29. The van der Waals surface area contributed by atoms with Crippen LogP contribution >= 0.6 is 0 Å². The number of aromatic nitrogens is 2. The van der Waals surface area contributed by atoms with E-state index in [0.717, 1.165) is 43.7 Å². The molecule has 0 aromatic carbocycles. The summed E-state index contributed by atoms with van der Waals surface area (Å²) >= 11 is 0. The maximum Gasteiger partial charge on any atom is 0.415 e. The van der Waals surface area contributed by atoms with Crippen molar-refractivity contribution in [1.29, 1.82) is 0 Å². The average molecular weight is 370 g/mol. The van der Waals surface area contributed by atoms with Crippen LogP contribution in [0.25, 0.3) is 0 Å². The highest BCUT2D eigenvalue weighted by Crippen LogP contribution is 2.29. The van der Waals surface area contributed by atoms with Crippen LogP contribution in [0.1, 0.15) is 28.9 Å². The minimum atomic E-state index is -0.315. The topological polar surface area (TPSA) is 91.7 Å². The van der Waals surface area contributed by atoms with E-state index in [2.05, 4.69) is 25.8 Å². The van der Waals surface area contributed by atoms with E-state index in [1.807, 2.05) is 13.8 Å². The number of ether oxygens (including phenoxy) is 1. The van der Waals surface area contributed by atoms with Gasteiger partial charge in [0.1, 0.15) is 6.10 Å². The molecule has 1 fully saturated rings. The van der Waals surface area contributed by atoms with Crippen LogP contribution < -0.4 is 10.6 Å². The number of fused-ring (bicyclic) bond motifs is 1. The van der Waals surface area contributed by atoms with E-state index in [-0.39, 0.29) is 12.2 Å². The summed E-state index contributed by atoms with van der Waals surface area (Å²) in [7, 11) is 0. The van der Waals surface area contributed by atoms with E-state index in [1.165, 1.54) is 11.1 Å². The number of nitrogens with one attached hydrogen (secondary N) is 2. The van der Waals surface area contributed by atoms with Crippen molar-refractivity contribution in [2.45, 2.75) is 39.2 Å². The first-order valence-electron chi connectivity index (χ1n) is 9.58. The maximum atomic E-state index is 12.0. The molecular formula is C19H26N6O2. The molecule has 1 amide bonds. The lowest BCUT2D eigenvalue weighted by atomic mass is 10.1. The van der Waals surface area contributed by atoms with Gasteiger partial charge in [0.15, 0.2) is 5.82 Å². The van der Waals surface area contributed by atoms with E-state index >= 15 is 0 Å². The Kier molecular flexibility index (Phi) is 5.07. The molecule has 0 spiro atoms. The first kappa shape index (κ1) is 17.9. The van der Waals surface area contributed by atoms with Gasteiger partial charge in [0.2, 0.25) is 0 Å². The second-order valence-electron chi connectivity index (χ2n) is 7.43. The average Bonchev–Trinajstić information content (AvgIpc) is 3.27. The molecule has 1 aromatic heterocycles. The van der Waals surface area contributed by atoms with Crippen LogP contribution in [-0.2, 0) is 17.6 Å². The Balaban J connectivity index is 1.21. The quantitative estimate of drug-likeness (QED) is 0.728. The van der Waals surface area contributed by atoms with E-state index < -0.39 is 0 Å². The fourth-order valence-electron chi connectivity index (χ4n) is 4.00. The molecule has 3 aliphatic rings. The van der Waals surface area contributed by atoms with Gasteiger partial charge in [0, 0.05) is 19.0 Å². The Hall–Kier alpha value is -2.48. The summed E-state index contributed by atoms with van der Waals surface area (Å²) in [6.45, 7) is 7.11. The van der Waals surface area contributed by atoms with Crippen LogP contribution in [0.4, 0.5) is 4.79 Å². The molecule has 27 heavy (non-hydrogen) atoms. The Morgan fingerprint density at radius 3 is 2.67 bits per heavy atom. The second-order valence-corrected chi connectivity index (χ2v) is 7.43. The molecule has 8 nitrogen and oxygen atoms in total. The third-order valence-electron chi connectivity index (χ3n) is 5.46. The minimum absolute atomic E-state index is 0.0957. The Morgan fingerprint density at radius 2 is 2.00 bits per heavy atom. The molecule has 0 radical (unpaired) electrons. The molecule has 0 bridgehead atoms. The Bertz CT molecular complexity index is 760. The molecule has 4 rings (SSSR count). The fourth-order valence-corrected chi connectivity index (χ4v) is 4.00. The summed E-state index contributed by atoms with van der Waals surface area (Å²) in [5, 5.41) is 15.1. The zero-order valence-corrected chi connectivity index (χ0v) is 15.9. The summed E-state index contributed by atoms with van der Waals surface area (Å²) < 4.78 is 5.47. The predicted octanol–water partition coefficient (Wildman–Crippen LogP) is 1.08. The van der Waals surface area contributed by atoms with Crippen molar-refractivity contribution in [3.8, 4) is 0 Å². The highest BCUT2D eigenvalue weighted by Gasteiger charge is 2.33. The number of rotatable bonds is 6. The van der Waals surface area contributed by atoms with Crippen LogP contribution in [0.3, 0.4) is 0 Å². The number of carbonyl (C=O) groups excluding carboxylic acids is 1. The van der Waals surface area contributed by atoms with Gasteiger partial charge in [-0.1, -0.05) is 0 Å². The van der Waals surface area contributed by atoms with E-state index in [1.54, 1.807) is 17.3 Å². The third kappa shape index (κ3) is 3.80. The van der Waals surface area contributed by atoms with Gasteiger partial charge in [-0.15, -0.1) is 0 Å². The van der Waals surface area contributed by atoms with Crippen LogP contribution in [0, 0.1) is 19.8 Å². The molecule has 1 atom stereocenters. The minimum Gasteiger partial charge on any atom is -0.444 e. The smallest absolute Gasteiger partial charge is 0.415 e. The third-order valence-corrected chi connectivity index (χ3v) is 5.46. The summed E-state index contributed by atoms with van der Waals surface area (Å²) in [6, 6.07) is 0. The largest absolute Gasteiger partial charge is 0.444 e. The van der Waals surface area contributed by atoms with Crippen molar-refractivity contribution >= 4 is 12.3 Å². The standard InChI is InChI=1S/C19H26N6O2/c1-12-16-7-14(8-17(16)13(2)24-23-12)9-20-4-3-15-11-25(19(26)27-15)18-10-21-5-6-22-18/h6,10,14-15,20-21H,3-5,7-9,11H2,1-2H3. The molecule has 2 N–H and O–H groups in total. The number of hydrogen-bond donors (Lipinski definition) is 2. The van der Waals surface area contributed by atoms with Crippen molar-refractivity contribution < 1.29 is 9.53 Å². The highest BCUT2D eigenvalue weighted by atomic mass is 16.6. The van der Waals surface area contributed by atoms with Gasteiger partial charge in [0.25, 0.3) is 0 Å². The molecule has 8 heteroatoms. The summed E-state index contributed by atoms with van der Waals surface area (Å²) in [4.78, 5) is 17.9. The molecule has 1 aliphatic carbocycles. The van der Waals surface area contributed by atoms with E-state index in [4.69, 9.17) is 4.74 Å². The van der Waals surface area contributed by atoms with Crippen LogP contribution in [0.15, 0.2) is 17.0 Å². The lowest BCUT2D eigenvalue weighted by molar-refractivity contribution is 0.130. The monoisotopic (exact) mass is 370 g/mol. The van der Waals surface area contributed by atoms with Crippen molar-refractivity contribution in [3.63, 3.8) is 0 Å². The molecule has 1 unspecified atom stereocenters. The number of amides is 1. The summed E-state index contributed by atoms with van der Waals surface area (Å²) in [5.41, 5.74) is 4.88. The number of carbonyl (C=O) groups is 1. The number of aryl methyl sites for hydroxylation is 2. The van der Waals surface area contributed by atoms with Gasteiger partial charge in [-0.3, -0.25) is 4.90 Å². The molecule has 3 heterocycles. The molecule has 0 saturated carbocycles. The molecule has 1 saturated heterocycles. The molecular weight excluding hydrogens is 344 g/mol. The van der Waals surface area contributed by atoms with Crippen molar-refractivity contribution in [2.24, 2.45) is 10.9 Å². The normalized spacial score (nSPS) is 21.9. The molecule has 1 aromatic rings. The van der Waals surface area contributed by atoms with Crippen LogP contribution in [0.2, 0.25) is 0 Å². The van der Waals surface area contributed by atoms with Crippen molar-refractivity contribution in [1.82, 2.24) is 25.7 Å². The summed E-state index contributed by atoms with van der Waals surface area (Å²) in [5.74, 6) is 1.21. The number of cyclic esters (lactones) is 1. The number of aliphatic imine (C=N–C) groups is 1. The molecule has 2 aliphatic heterocycles. The predicted molar refractivity (Wildman–Crippen MR) is 101 cm³/mol. The van der Waals surface area contributed by atoms with Gasteiger partial charge in [0.05, 0.1) is 17.9 Å². The zero-order chi connectivity index (χ0) is 18.8. The van der Waals surface area contributed by atoms with Crippen LogP contribution in [0.5, 0.6) is 0 Å². The molecule has 144 valence electrons. The second kappa shape index (κ2) is 7.64. The van der Waals surface area contributed by atoms with Gasteiger partial charge in [-0.25, -0.2) is 9.79 Å². The van der Waals surface area contributed by atoms with Gasteiger partial charge in [-0.2, -0.15) is 10.2 Å². The summed E-state index contributed by atoms with van der Waals surface area (Å²) in [6.07, 6.45) is 6.03. The first-order chi connectivity index (χ1) is 13.1. The number of hydrogen-bond acceptors (Lipinski definition) is 7.